The Bertz CT molecular complexity index is 1120. The molecule has 0 saturated carbocycles. The standard InChI is InChI=1S/C21H21N3O3S2/c1-29(26,27)17-9-7-16(8-10-17)20(25)23-21-22-18-11-12-24(14-19(18)28-21)13-15-5-3-2-4-6-15/h2-10H,11-14H2,1H3,(H,22,23,25)/p+1. The molecular formula is C21H22N3O3S2+. The zero-order valence-corrected chi connectivity index (χ0v) is 17.6. The number of sulfone groups is 1. The van der Waals surface area contributed by atoms with Gasteiger partial charge in [-0.25, -0.2) is 13.4 Å². The van der Waals surface area contributed by atoms with E-state index < -0.39 is 9.84 Å². The second-order valence-electron chi connectivity index (χ2n) is 7.23. The molecule has 2 heterocycles. The molecule has 1 aromatic heterocycles. The average molecular weight is 429 g/mol. The van der Waals surface area contributed by atoms with Gasteiger partial charge in [0.25, 0.3) is 5.91 Å². The van der Waals surface area contributed by atoms with Crippen molar-refractivity contribution in [1.82, 2.24) is 4.98 Å². The van der Waals surface area contributed by atoms with Crippen molar-refractivity contribution in [3.8, 4) is 0 Å². The van der Waals surface area contributed by atoms with Crippen molar-refractivity contribution >= 4 is 32.2 Å². The molecule has 0 fully saturated rings. The summed E-state index contributed by atoms with van der Waals surface area (Å²) in [5.41, 5.74) is 2.79. The number of aromatic nitrogens is 1. The van der Waals surface area contributed by atoms with Crippen molar-refractivity contribution < 1.29 is 18.1 Å². The summed E-state index contributed by atoms with van der Waals surface area (Å²) in [5, 5.41) is 3.44. The minimum atomic E-state index is -3.28. The van der Waals surface area contributed by atoms with E-state index in [1.165, 1.54) is 50.9 Å². The van der Waals surface area contributed by atoms with Crippen molar-refractivity contribution in [3.63, 3.8) is 0 Å². The lowest BCUT2D eigenvalue weighted by Crippen LogP contribution is -3.10. The number of rotatable bonds is 5. The van der Waals surface area contributed by atoms with Gasteiger partial charge in [-0.05, 0) is 24.3 Å². The maximum absolute atomic E-state index is 12.5. The number of fused-ring (bicyclic) bond motifs is 1. The Kier molecular flexibility index (Phi) is 5.49. The largest absolute Gasteiger partial charge is 0.326 e. The van der Waals surface area contributed by atoms with Gasteiger partial charge in [-0.2, -0.15) is 0 Å². The van der Waals surface area contributed by atoms with E-state index in [1.807, 2.05) is 6.07 Å². The van der Waals surface area contributed by atoms with Gasteiger partial charge in [-0.1, -0.05) is 41.7 Å². The van der Waals surface area contributed by atoms with Crippen molar-refractivity contribution in [1.29, 1.82) is 0 Å². The van der Waals surface area contributed by atoms with Crippen LogP contribution in [0, 0.1) is 0 Å². The average Bonchev–Trinajstić information content (AvgIpc) is 3.09. The summed E-state index contributed by atoms with van der Waals surface area (Å²) < 4.78 is 23.1. The summed E-state index contributed by atoms with van der Waals surface area (Å²) in [7, 11) is -3.28. The highest BCUT2D eigenvalue weighted by Gasteiger charge is 2.24. The minimum Gasteiger partial charge on any atom is -0.326 e. The molecule has 8 heteroatoms. The Labute approximate surface area is 174 Å². The van der Waals surface area contributed by atoms with Crippen LogP contribution in [0.4, 0.5) is 5.13 Å². The van der Waals surface area contributed by atoms with Crippen LogP contribution in [0.15, 0.2) is 59.5 Å². The van der Waals surface area contributed by atoms with Crippen molar-refractivity contribution in [2.45, 2.75) is 24.4 Å². The van der Waals surface area contributed by atoms with Crippen LogP contribution >= 0.6 is 11.3 Å². The quantitative estimate of drug-likeness (QED) is 0.651. The Morgan fingerprint density at radius 3 is 2.55 bits per heavy atom. The predicted octanol–water partition coefficient (Wildman–Crippen LogP) is 1.94. The van der Waals surface area contributed by atoms with Crippen molar-refractivity contribution in [3.05, 3.63) is 76.3 Å². The first-order chi connectivity index (χ1) is 13.9. The fourth-order valence-corrected chi connectivity index (χ4v) is 5.14. The SMILES string of the molecule is CS(=O)(=O)c1ccc(C(=O)Nc2nc3c(s2)C[NH+](Cc2ccccc2)CC3)cc1. The summed E-state index contributed by atoms with van der Waals surface area (Å²) in [6.07, 6.45) is 2.04. The second kappa shape index (κ2) is 8.06. The lowest BCUT2D eigenvalue weighted by Gasteiger charge is -2.22. The first-order valence-corrected chi connectivity index (χ1v) is 12.1. The van der Waals surface area contributed by atoms with Crippen LogP contribution in [-0.4, -0.2) is 32.1 Å². The third kappa shape index (κ3) is 4.72. The first-order valence-electron chi connectivity index (χ1n) is 9.36. The smallest absolute Gasteiger partial charge is 0.257 e. The first kappa shape index (κ1) is 19.8. The molecule has 0 saturated heterocycles. The molecule has 29 heavy (non-hydrogen) atoms. The van der Waals surface area contributed by atoms with Crippen molar-refractivity contribution in [2.24, 2.45) is 0 Å². The molecule has 1 amide bonds. The monoisotopic (exact) mass is 428 g/mol. The van der Waals surface area contributed by atoms with Crippen LogP contribution in [0.2, 0.25) is 0 Å². The zero-order chi connectivity index (χ0) is 20.4. The number of quaternary nitrogens is 1. The number of benzene rings is 2. The molecule has 2 aromatic carbocycles. The molecule has 0 radical (unpaired) electrons. The Morgan fingerprint density at radius 2 is 1.86 bits per heavy atom. The Hall–Kier alpha value is -2.55. The number of anilines is 1. The zero-order valence-electron chi connectivity index (χ0n) is 16.0. The van der Waals surface area contributed by atoms with E-state index >= 15 is 0 Å². The van der Waals surface area contributed by atoms with Crippen LogP contribution < -0.4 is 10.2 Å². The maximum atomic E-state index is 12.5. The lowest BCUT2D eigenvalue weighted by molar-refractivity contribution is -0.929. The third-order valence-corrected chi connectivity index (χ3v) is 7.11. The molecule has 150 valence electrons. The van der Waals surface area contributed by atoms with Gasteiger partial charge in [0.15, 0.2) is 15.0 Å². The molecule has 4 rings (SSSR count). The number of hydrogen-bond donors (Lipinski definition) is 2. The van der Waals surface area contributed by atoms with Crippen LogP contribution in [0.3, 0.4) is 0 Å². The van der Waals surface area contributed by atoms with E-state index in [9.17, 15) is 13.2 Å². The number of carbonyl (C=O) groups is 1. The van der Waals surface area contributed by atoms with Gasteiger partial charge < -0.3 is 4.90 Å². The highest BCUT2D eigenvalue weighted by Crippen LogP contribution is 2.25. The molecular weight excluding hydrogens is 406 g/mol. The molecule has 3 aromatic rings. The van der Waals surface area contributed by atoms with E-state index in [0.29, 0.717) is 10.7 Å². The van der Waals surface area contributed by atoms with Gasteiger partial charge in [0.1, 0.15) is 13.1 Å². The number of nitrogens with zero attached hydrogens (tertiary/aromatic N) is 1. The summed E-state index contributed by atoms with van der Waals surface area (Å²) in [6, 6.07) is 16.4. The number of hydrogen-bond acceptors (Lipinski definition) is 5. The predicted molar refractivity (Wildman–Crippen MR) is 113 cm³/mol. The molecule has 0 spiro atoms. The van der Waals surface area contributed by atoms with E-state index in [-0.39, 0.29) is 10.8 Å². The molecule has 0 bridgehead atoms. The third-order valence-electron chi connectivity index (χ3n) is 4.97. The topological polar surface area (TPSA) is 80.6 Å². The van der Waals surface area contributed by atoms with Gasteiger partial charge >= 0.3 is 0 Å². The normalized spacial score (nSPS) is 16.2. The van der Waals surface area contributed by atoms with Gasteiger partial charge in [-0.15, -0.1) is 0 Å². The lowest BCUT2D eigenvalue weighted by atomic mass is 10.1. The second-order valence-corrected chi connectivity index (χ2v) is 10.3. The summed E-state index contributed by atoms with van der Waals surface area (Å²) >= 11 is 1.52. The number of amides is 1. The fourth-order valence-electron chi connectivity index (χ4n) is 3.44. The highest BCUT2D eigenvalue weighted by molar-refractivity contribution is 7.90. The summed E-state index contributed by atoms with van der Waals surface area (Å²) in [6.45, 7) is 2.90. The number of carbonyl (C=O) groups excluding carboxylic acids is 1. The highest BCUT2D eigenvalue weighted by atomic mass is 32.2. The number of nitrogens with one attached hydrogen (secondary N) is 2. The van der Waals surface area contributed by atoms with E-state index in [4.69, 9.17) is 0 Å². The molecule has 1 aliphatic rings. The van der Waals surface area contributed by atoms with Crippen molar-refractivity contribution in [2.75, 3.05) is 18.1 Å². The van der Waals surface area contributed by atoms with Gasteiger partial charge in [0.05, 0.1) is 22.0 Å². The van der Waals surface area contributed by atoms with Gasteiger partial charge in [0.2, 0.25) is 0 Å². The van der Waals surface area contributed by atoms with E-state index in [0.717, 1.165) is 38.0 Å². The Balaban J connectivity index is 1.42. The number of thiazole rings is 1. The molecule has 0 aliphatic carbocycles. The maximum Gasteiger partial charge on any atom is 0.257 e. The molecule has 6 nitrogen and oxygen atoms in total. The summed E-state index contributed by atoms with van der Waals surface area (Å²) in [5.74, 6) is -0.287. The molecule has 1 atom stereocenters. The van der Waals surface area contributed by atoms with E-state index in [1.54, 1.807) is 0 Å². The van der Waals surface area contributed by atoms with Crippen LogP contribution in [0.1, 0.15) is 26.5 Å². The van der Waals surface area contributed by atoms with Crippen LogP contribution in [0.25, 0.3) is 0 Å². The molecule has 2 N–H and O–H groups in total. The molecule has 1 aliphatic heterocycles. The summed E-state index contributed by atoms with van der Waals surface area (Å²) in [4.78, 5) is 20.0. The minimum absolute atomic E-state index is 0.195. The van der Waals surface area contributed by atoms with Gasteiger partial charge in [-0.3, -0.25) is 10.1 Å². The molecule has 1 unspecified atom stereocenters. The van der Waals surface area contributed by atoms with Crippen LogP contribution in [-0.2, 0) is 29.3 Å². The van der Waals surface area contributed by atoms with E-state index in [2.05, 4.69) is 34.6 Å². The Morgan fingerprint density at radius 1 is 1.14 bits per heavy atom. The van der Waals surface area contributed by atoms with Crippen LogP contribution in [0.5, 0.6) is 0 Å². The fraction of sp³-hybridized carbons (Fsp3) is 0.238. The van der Waals surface area contributed by atoms with Gasteiger partial charge in [0, 0.05) is 23.8 Å².